The summed E-state index contributed by atoms with van der Waals surface area (Å²) < 4.78 is 44.1. The van der Waals surface area contributed by atoms with Gasteiger partial charge in [-0.05, 0) is 56.7 Å². The smallest absolute Gasteiger partial charge is 0.416 e. The van der Waals surface area contributed by atoms with E-state index in [4.69, 9.17) is 4.74 Å². The summed E-state index contributed by atoms with van der Waals surface area (Å²) in [7, 11) is 0. The molecule has 0 heterocycles. The van der Waals surface area contributed by atoms with Gasteiger partial charge in [-0.3, -0.25) is 10.1 Å². The highest BCUT2D eigenvalue weighted by Gasteiger charge is 2.30. The lowest BCUT2D eigenvalue weighted by Crippen LogP contribution is -2.27. The first-order valence-corrected chi connectivity index (χ1v) is 7.76. The number of alkyl halides is 3. The highest BCUT2D eigenvalue weighted by Crippen LogP contribution is 2.35. The van der Waals surface area contributed by atoms with Crippen LogP contribution in [-0.4, -0.2) is 18.0 Å². The number of nitrogens with one attached hydrogen (secondary N) is 1. The van der Waals surface area contributed by atoms with E-state index in [2.05, 4.69) is 5.32 Å². The van der Waals surface area contributed by atoms with Gasteiger partial charge >= 0.3 is 12.3 Å². The lowest BCUT2D eigenvalue weighted by atomic mass is 9.99. The van der Waals surface area contributed by atoms with Crippen LogP contribution < -0.4 is 5.32 Å². The summed E-state index contributed by atoms with van der Waals surface area (Å²) in [5, 5.41) is 2.52. The van der Waals surface area contributed by atoms with E-state index in [9.17, 15) is 22.8 Å². The molecule has 0 atom stereocenters. The number of amides is 1. The number of hydrogen-bond acceptors (Lipinski definition) is 3. The molecule has 1 amide bonds. The molecule has 0 unspecified atom stereocenters. The van der Waals surface area contributed by atoms with Crippen LogP contribution in [0.15, 0.2) is 42.5 Å². The molecule has 0 aromatic heterocycles. The Balaban J connectivity index is 2.47. The zero-order valence-corrected chi connectivity index (χ0v) is 14.5. The summed E-state index contributed by atoms with van der Waals surface area (Å²) in [6.45, 7) is 5.07. The van der Waals surface area contributed by atoms with Crippen molar-refractivity contribution in [1.82, 2.24) is 0 Å². The van der Waals surface area contributed by atoms with E-state index in [0.29, 0.717) is 6.29 Å². The fraction of sp³-hybridized carbons (Fsp3) is 0.263. The Labute approximate surface area is 149 Å². The second kappa shape index (κ2) is 7.19. The molecule has 7 heteroatoms. The van der Waals surface area contributed by atoms with E-state index in [1.54, 1.807) is 20.8 Å². The van der Waals surface area contributed by atoms with E-state index in [1.807, 2.05) is 0 Å². The van der Waals surface area contributed by atoms with Crippen LogP contribution in [0, 0.1) is 0 Å². The Hall–Kier alpha value is -2.83. The van der Waals surface area contributed by atoms with Crippen molar-refractivity contribution in [3.05, 3.63) is 53.6 Å². The SMILES string of the molecule is CC(C)(C)OC(=O)Nc1ccc(C=O)cc1-c1cccc(C(F)(F)F)c1. The van der Waals surface area contributed by atoms with Gasteiger partial charge < -0.3 is 4.74 Å². The van der Waals surface area contributed by atoms with Crippen LogP contribution in [0.4, 0.5) is 23.7 Å². The molecule has 26 heavy (non-hydrogen) atoms. The first kappa shape index (κ1) is 19.5. The van der Waals surface area contributed by atoms with Gasteiger partial charge in [0.2, 0.25) is 0 Å². The lowest BCUT2D eigenvalue weighted by Gasteiger charge is -2.21. The maximum Gasteiger partial charge on any atom is 0.416 e. The summed E-state index contributed by atoms with van der Waals surface area (Å²) in [4.78, 5) is 23.1. The monoisotopic (exact) mass is 365 g/mol. The number of carbonyl (C=O) groups excluding carboxylic acids is 2. The normalized spacial score (nSPS) is 11.8. The molecule has 0 spiro atoms. The first-order chi connectivity index (χ1) is 12.0. The second-order valence-electron chi connectivity index (χ2n) is 6.63. The minimum absolute atomic E-state index is 0.217. The van der Waals surface area contributed by atoms with Crippen molar-refractivity contribution >= 4 is 18.1 Å². The van der Waals surface area contributed by atoms with Gasteiger partial charge in [0, 0.05) is 11.1 Å². The molecular formula is C19H18F3NO3. The zero-order valence-electron chi connectivity index (χ0n) is 14.5. The van der Waals surface area contributed by atoms with Crippen molar-refractivity contribution in [3.8, 4) is 11.1 Å². The molecule has 0 aliphatic rings. The number of benzene rings is 2. The minimum Gasteiger partial charge on any atom is -0.444 e. The van der Waals surface area contributed by atoms with Gasteiger partial charge in [0.1, 0.15) is 11.9 Å². The highest BCUT2D eigenvalue weighted by molar-refractivity contribution is 5.93. The molecule has 4 nitrogen and oxygen atoms in total. The number of halogens is 3. The number of aldehydes is 1. The summed E-state index contributed by atoms with van der Waals surface area (Å²) in [6.07, 6.45) is -4.67. The van der Waals surface area contributed by atoms with Crippen LogP contribution in [-0.2, 0) is 10.9 Å². The molecule has 0 aliphatic carbocycles. The van der Waals surface area contributed by atoms with Crippen molar-refractivity contribution in [2.24, 2.45) is 0 Å². The number of rotatable bonds is 3. The Bertz CT molecular complexity index is 824. The maximum absolute atomic E-state index is 13.0. The van der Waals surface area contributed by atoms with E-state index in [-0.39, 0.29) is 22.4 Å². The van der Waals surface area contributed by atoms with Crippen LogP contribution in [0.2, 0.25) is 0 Å². The van der Waals surface area contributed by atoms with Crippen LogP contribution in [0.3, 0.4) is 0 Å². The van der Waals surface area contributed by atoms with Crippen molar-refractivity contribution in [2.75, 3.05) is 5.32 Å². The van der Waals surface area contributed by atoms with E-state index in [1.165, 1.54) is 30.3 Å². The Morgan fingerprint density at radius 2 is 1.77 bits per heavy atom. The van der Waals surface area contributed by atoms with Crippen LogP contribution in [0.5, 0.6) is 0 Å². The van der Waals surface area contributed by atoms with Crippen molar-refractivity contribution in [1.29, 1.82) is 0 Å². The average Bonchev–Trinajstić information content (AvgIpc) is 2.52. The number of anilines is 1. The molecule has 2 aromatic carbocycles. The van der Waals surface area contributed by atoms with Crippen LogP contribution >= 0.6 is 0 Å². The lowest BCUT2D eigenvalue weighted by molar-refractivity contribution is -0.137. The average molecular weight is 365 g/mol. The molecule has 2 aromatic rings. The minimum atomic E-state index is -4.50. The predicted molar refractivity (Wildman–Crippen MR) is 92.1 cm³/mol. The molecule has 0 saturated carbocycles. The topological polar surface area (TPSA) is 55.4 Å². The van der Waals surface area contributed by atoms with Gasteiger partial charge in [-0.15, -0.1) is 0 Å². The standard InChI is InChI=1S/C19H18F3NO3/c1-18(2,3)26-17(25)23-16-8-7-12(11-24)9-15(16)13-5-4-6-14(10-13)19(20,21)22/h4-11H,1-3H3,(H,23,25). The van der Waals surface area contributed by atoms with Gasteiger partial charge in [-0.2, -0.15) is 13.2 Å². The van der Waals surface area contributed by atoms with Gasteiger partial charge in [0.05, 0.1) is 11.3 Å². The molecule has 0 fully saturated rings. The Morgan fingerprint density at radius 1 is 1.08 bits per heavy atom. The molecule has 0 saturated heterocycles. The largest absolute Gasteiger partial charge is 0.444 e. The molecule has 2 rings (SSSR count). The van der Waals surface area contributed by atoms with Gasteiger partial charge in [-0.1, -0.05) is 12.1 Å². The zero-order chi connectivity index (χ0) is 19.5. The predicted octanol–water partition coefficient (Wildman–Crippen LogP) is 5.53. The van der Waals surface area contributed by atoms with Crippen molar-refractivity contribution < 1.29 is 27.5 Å². The van der Waals surface area contributed by atoms with E-state index in [0.717, 1.165) is 12.1 Å². The van der Waals surface area contributed by atoms with Gasteiger partial charge in [0.25, 0.3) is 0 Å². The third-order valence-electron chi connectivity index (χ3n) is 3.32. The third kappa shape index (κ3) is 5.08. The maximum atomic E-state index is 13.0. The van der Waals surface area contributed by atoms with E-state index < -0.39 is 23.4 Å². The Kier molecular flexibility index (Phi) is 5.39. The van der Waals surface area contributed by atoms with E-state index >= 15 is 0 Å². The number of carbonyl (C=O) groups is 2. The van der Waals surface area contributed by atoms with Gasteiger partial charge in [0.15, 0.2) is 0 Å². The third-order valence-corrected chi connectivity index (χ3v) is 3.32. The highest BCUT2D eigenvalue weighted by atomic mass is 19.4. The Morgan fingerprint density at radius 3 is 2.35 bits per heavy atom. The second-order valence-corrected chi connectivity index (χ2v) is 6.63. The van der Waals surface area contributed by atoms with Crippen LogP contribution in [0.1, 0.15) is 36.7 Å². The molecule has 138 valence electrons. The number of ether oxygens (including phenoxy) is 1. The summed E-state index contributed by atoms with van der Waals surface area (Å²) in [5.74, 6) is 0. The summed E-state index contributed by atoms with van der Waals surface area (Å²) in [6, 6.07) is 8.97. The molecule has 1 N–H and O–H groups in total. The number of hydrogen-bond donors (Lipinski definition) is 1. The van der Waals surface area contributed by atoms with Crippen molar-refractivity contribution in [2.45, 2.75) is 32.5 Å². The summed E-state index contributed by atoms with van der Waals surface area (Å²) >= 11 is 0. The van der Waals surface area contributed by atoms with Gasteiger partial charge in [-0.25, -0.2) is 4.79 Å². The quantitative estimate of drug-likeness (QED) is 0.728. The summed E-state index contributed by atoms with van der Waals surface area (Å²) in [5.41, 5.74) is -0.546. The first-order valence-electron chi connectivity index (χ1n) is 7.76. The van der Waals surface area contributed by atoms with Crippen molar-refractivity contribution in [3.63, 3.8) is 0 Å². The molecular weight excluding hydrogens is 347 g/mol. The molecule has 0 radical (unpaired) electrons. The fourth-order valence-electron chi connectivity index (χ4n) is 2.26. The fourth-order valence-corrected chi connectivity index (χ4v) is 2.26. The molecule has 0 aliphatic heterocycles. The molecule has 0 bridgehead atoms. The van der Waals surface area contributed by atoms with Crippen LogP contribution in [0.25, 0.3) is 11.1 Å².